The molecule has 6 nitrogen and oxygen atoms in total. The number of hydrogen-bond donors (Lipinski definition) is 1. The van der Waals surface area contributed by atoms with Crippen LogP contribution in [-0.2, 0) is 6.54 Å². The molecule has 2 N–H and O–H groups in total. The van der Waals surface area contributed by atoms with Gasteiger partial charge in [-0.3, -0.25) is 9.69 Å². The third kappa shape index (κ3) is 4.36. The van der Waals surface area contributed by atoms with Crippen LogP contribution in [0.2, 0.25) is 0 Å². The first-order valence-electron chi connectivity index (χ1n) is 9.54. The van der Waals surface area contributed by atoms with Crippen LogP contribution in [-0.4, -0.2) is 54.0 Å². The summed E-state index contributed by atoms with van der Waals surface area (Å²) in [6, 6.07) is 15.3. The molecule has 1 aliphatic rings. The zero-order valence-corrected chi connectivity index (χ0v) is 17.9. The van der Waals surface area contributed by atoms with Gasteiger partial charge >= 0.3 is 0 Å². The van der Waals surface area contributed by atoms with Crippen LogP contribution in [0.1, 0.15) is 15.9 Å². The lowest BCUT2D eigenvalue weighted by Gasteiger charge is -2.35. The van der Waals surface area contributed by atoms with E-state index in [-0.39, 0.29) is 5.91 Å². The lowest BCUT2D eigenvalue weighted by Crippen LogP contribution is -2.48. The van der Waals surface area contributed by atoms with Gasteiger partial charge in [-0.1, -0.05) is 28.1 Å². The largest absolute Gasteiger partial charge is 0.497 e. The number of methoxy groups -OCH3 is 1. The Hall–Kier alpha value is -2.64. The van der Waals surface area contributed by atoms with Crippen molar-refractivity contribution < 1.29 is 9.53 Å². The Balaban J connectivity index is 1.44. The number of nitrogens with two attached hydrogens (primary N) is 1. The number of hydrogen-bond acceptors (Lipinski definition) is 5. The number of amides is 1. The van der Waals surface area contributed by atoms with E-state index in [0.29, 0.717) is 30.2 Å². The molecule has 4 rings (SSSR count). The number of piperazine rings is 1. The first-order chi connectivity index (χ1) is 14.0. The van der Waals surface area contributed by atoms with E-state index in [1.165, 1.54) is 0 Å². The van der Waals surface area contributed by atoms with Gasteiger partial charge in [-0.25, -0.2) is 4.98 Å². The van der Waals surface area contributed by atoms with E-state index in [4.69, 9.17) is 10.5 Å². The molecule has 2 aromatic carbocycles. The van der Waals surface area contributed by atoms with Crippen molar-refractivity contribution in [2.75, 3.05) is 39.0 Å². The van der Waals surface area contributed by atoms with Crippen molar-refractivity contribution in [1.29, 1.82) is 0 Å². The van der Waals surface area contributed by atoms with Crippen LogP contribution in [0.15, 0.2) is 53.0 Å². The van der Waals surface area contributed by atoms with Crippen molar-refractivity contribution >= 4 is 38.6 Å². The number of carbonyl (C=O) groups excluding carboxylic acids is 1. The predicted molar refractivity (Wildman–Crippen MR) is 118 cm³/mol. The Kier molecular flexibility index (Phi) is 5.69. The lowest BCUT2D eigenvalue weighted by molar-refractivity contribution is 0.0628. The molecule has 1 fully saturated rings. The summed E-state index contributed by atoms with van der Waals surface area (Å²) in [6.07, 6.45) is 0. The molecule has 0 radical (unpaired) electrons. The number of anilines is 1. The number of halogens is 1. The zero-order valence-electron chi connectivity index (χ0n) is 16.3. The van der Waals surface area contributed by atoms with Gasteiger partial charge in [0.1, 0.15) is 11.6 Å². The van der Waals surface area contributed by atoms with Crippen LogP contribution in [0, 0.1) is 0 Å². The Morgan fingerprint density at radius 3 is 2.69 bits per heavy atom. The average molecular weight is 455 g/mol. The number of ether oxygens (including phenoxy) is 1. The highest BCUT2D eigenvalue weighted by atomic mass is 79.9. The summed E-state index contributed by atoms with van der Waals surface area (Å²) in [5, 5.41) is 1.11. The van der Waals surface area contributed by atoms with Crippen LogP contribution in [0.25, 0.3) is 10.9 Å². The van der Waals surface area contributed by atoms with Crippen LogP contribution in [0.4, 0.5) is 5.82 Å². The van der Waals surface area contributed by atoms with Gasteiger partial charge in [0.2, 0.25) is 0 Å². The van der Waals surface area contributed by atoms with Gasteiger partial charge in [0, 0.05) is 48.1 Å². The molecule has 3 aromatic rings. The molecule has 0 unspecified atom stereocenters. The van der Waals surface area contributed by atoms with E-state index in [9.17, 15) is 4.79 Å². The molecule has 150 valence electrons. The minimum atomic E-state index is 0.0482. The molecule has 0 bridgehead atoms. The number of pyridine rings is 1. The highest BCUT2D eigenvalue weighted by molar-refractivity contribution is 9.10. The highest BCUT2D eigenvalue weighted by Gasteiger charge is 2.23. The number of nitrogen functional groups attached to an aromatic ring is 1. The number of rotatable bonds is 4. The van der Waals surface area contributed by atoms with Crippen molar-refractivity contribution in [2.24, 2.45) is 0 Å². The average Bonchev–Trinajstić information content (AvgIpc) is 2.73. The van der Waals surface area contributed by atoms with E-state index in [2.05, 4.69) is 31.9 Å². The van der Waals surface area contributed by atoms with E-state index < -0.39 is 0 Å². The normalized spacial score (nSPS) is 14.9. The van der Waals surface area contributed by atoms with Crippen molar-refractivity contribution in [1.82, 2.24) is 14.8 Å². The van der Waals surface area contributed by atoms with Gasteiger partial charge < -0.3 is 15.4 Å². The van der Waals surface area contributed by atoms with Gasteiger partial charge in [0.25, 0.3) is 5.91 Å². The van der Waals surface area contributed by atoms with Crippen LogP contribution in [0.3, 0.4) is 0 Å². The van der Waals surface area contributed by atoms with Gasteiger partial charge in [-0.2, -0.15) is 0 Å². The molecule has 0 saturated carbocycles. The van der Waals surface area contributed by atoms with E-state index in [1.54, 1.807) is 13.2 Å². The number of benzene rings is 2. The molecule has 1 aliphatic heterocycles. The molecule has 0 spiro atoms. The van der Waals surface area contributed by atoms with E-state index in [0.717, 1.165) is 40.6 Å². The molecule has 7 heteroatoms. The summed E-state index contributed by atoms with van der Waals surface area (Å²) in [5.41, 5.74) is 8.73. The fourth-order valence-corrected chi connectivity index (χ4v) is 4.06. The summed E-state index contributed by atoms with van der Waals surface area (Å²) < 4.78 is 6.22. The van der Waals surface area contributed by atoms with Gasteiger partial charge in [0.05, 0.1) is 12.6 Å². The Morgan fingerprint density at radius 2 is 1.93 bits per heavy atom. The maximum Gasteiger partial charge on any atom is 0.254 e. The lowest BCUT2D eigenvalue weighted by atomic mass is 10.1. The fourth-order valence-electron chi connectivity index (χ4n) is 3.72. The topological polar surface area (TPSA) is 71.7 Å². The molecule has 29 heavy (non-hydrogen) atoms. The maximum absolute atomic E-state index is 12.8. The zero-order chi connectivity index (χ0) is 20.4. The molecule has 2 heterocycles. The van der Waals surface area contributed by atoms with Crippen molar-refractivity contribution in [3.63, 3.8) is 0 Å². The predicted octanol–water partition coefficient (Wildman–Crippen LogP) is 3.55. The van der Waals surface area contributed by atoms with Gasteiger partial charge in [-0.15, -0.1) is 0 Å². The summed E-state index contributed by atoms with van der Waals surface area (Å²) in [6.45, 7) is 3.80. The Labute approximate surface area is 178 Å². The van der Waals surface area contributed by atoms with E-state index in [1.807, 2.05) is 41.3 Å². The van der Waals surface area contributed by atoms with Crippen molar-refractivity contribution in [2.45, 2.75) is 6.54 Å². The second-order valence-electron chi connectivity index (χ2n) is 7.17. The quantitative estimate of drug-likeness (QED) is 0.652. The molecule has 1 amide bonds. The van der Waals surface area contributed by atoms with Crippen LogP contribution in [0.5, 0.6) is 5.75 Å². The standard InChI is InChI=1S/C22H23BrN4O2/c1-29-18-4-2-3-15(11-18)22(28)27-9-7-26(8-10-27)14-16-12-21(24)25-20-13-17(23)5-6-19(16)20/h2-6,11-13H,7-10,14H2,1H3,(H2,24,25). The second kappa shape index (κ2) is 8.39. The Morgan fingerprint density at radius 1 is 1.14 bits per heavy atom. The third-order valence-corrected chi connectivity index (χ3v) is 5.74. The summed E-state index contributed by atoms with van der Waals surface area (Å²) >= 11 is 3.49. The summed E-state index contributed by atoms with van der Waals surface area (Å²) in [7, 11) is 1.61. The number of carbonyl (C=O) groups is 1. The number of aromatic nitrogens is 1. The fraction of sp³-hybridized carbons (Fsp3) is 0.273. The van der Waals surface area contributed by atoms with Crippen molar-refractivity contribution in [3.05, 3.63) is 64.1 Å². The van der Waals surface area contributed by atoms with Crippen LogP contribution < -0.4 is 10.5 Å². The van der Waals surface area contributed by atoms with Gasteiger partial charge in [0.15, 0.2) is 0 Å². The Bertz CT molecular complexity index is 1040. The monoisotopic (exact) mass is 454 g/mol. The summed E-state index contributed by atoms with van der Waals surface area (Å²) in [5.74, 6) is 1.27. The molecule has 1 aromatic heterocycles. The molecular weight excluding hydrogens is 432 g/mol. The first-order valence-corrected chi connectivity index (χ1v) is 10.3. The molecular formula is C22H23BrN4O2. The first kappa shape index (κ1) is 19.7. The van der Waals surface area contributed by atoms with Crippen LogP contribution >= 0.6 is 15.9 Å². The maximum atomic E-state index is 12.8. The minimum absolute atomic E-state index is 0.0482. The van der Waals surface area contributed by atoms with E-state index >= 15 is 0 Å². The number of fused-ring (bicyclic) bond motifs is 1. The second-order valence-corrected chi connectivity index (χ2v) is 8.08. The SMILES string of the molecule is COc1cccc(C(=O)N2CCN(Cc3cc(N)nc4cc(Br)ccc34)CC2)c1. The molecule has 1 saturated heterocycles. The molecule has 0 atom stereocenters. The summed E-state index contributed by atoms with van der Waals surface area (Å²) in [4.78, 5) is 21.5. The minimum Gasteiger partial charge on any atom is -0.497 e. The third-order valence-electron chi connectivity index (χ3n) is 5.25. The highest BCUT2D eigenvalue weighted by Crippen LogP contribution is 2.25. The van der Waals surface area contributed by atoms with Crippen molar-refractivity contribution in [3.8, 4) is 5.75 Å². The number of nitrogens with zero attached hydrogens (tertiary/aromatic N) is 3. The van der Waals surface area contributed by atoms with Gasteiger partial charge in [-0.05, 0) is 42.0 Å². The smallest absolute Gasteiger partial charge is 0.254 e. The molecule has 0 aliphatic carbocycles.